The van der Waals surface area contributed by atoms with Crippen molar-refractivity contribution in [1.29, 1.82) is 0 Å². The van der Waals surface area contributed by atoms with Gasteiger partial charge in [0.15, 0.2) is 0 Å². The van der Waals surface area contributed by atoms with Crippen LogP contribution >= 0.6 is 11.6 Å². The van der Waals surface area contributed by atoms with E-state index in [2.05, 4.69) is 0 Å². The number of halogens is 1. The molecule has 0 spiro atoms. The topological polar surface area (TPSA) is 66.9 Å². The SMILES string of the molecule is COc1cc(C(=O)N2CCN(S(=O)(=O)c3ccc(Cl)cc3)CC2)ccc1C. The zero-order valence-electron chi connectivity index (χ0n) is 15.2. The normalized spacial score (nSPS) is 15.6. The minimum absolute atomic E-state index is 0.128. The van der Waals surface area contributed by atoms with Gasteiger partial charge in [-0.1, -0.05) is 17.7 Å². The molecule has 0 unspecified atom stereocenters. The average molecular weight is 409 g/mol. The quantitative estimate of drug-likeness (QED) is 0.780. The van der Waals surface area contributed by atoms with Gasteiger partial charge in [0.1, 0.15) is 5.75 Å². The predicted octanol–water partition coefficient (Wildman–Crippen LogP) is 2.80. The lowest BCUT2D eigenvalue weighted by Crippen LogP contribution is -2.50. The third-order valence-electron chi connectivity index (χ3n) is 4.63. The number of amides is 1. The molecule has 8 heteroatoms. The zero-order chi connectivity index (χ0) is 19.6. The first-order chi connectivity index (χ1) is 12.8. The molecule has 6 nitrogen and oxygen atoms in total. The zero-order valence-corrected chi connectivity index (χ0v) is 16.8. The van der Waals surface area contributed by atoms with Crippen molar-refractivity contribution in [1.82, 2.24) is 9.21 Å². The van der Waals surface area contributed by atoms with Crippen LogP contribution in [0.15, 0.2) is 47.4 Å². The van der Waals surface area contributed by atoms with Crippen molar-refractivity contribution < 1.29 is 17.9 Å². The van der Waals surface area contributed by atoms with Crippen LogP contribution in [0, 0.1) is 6.92 Å². The number of sulfonamides is 1. The number of carbonyl (C=O) groups is 1. The van der Waals surface area contributed by atoms with Crippen LogP contribution in [0.3, 0.4) is 0 Å². The van der Waals surface area contributed by atoms with E-state index in [1.165, 1.54) is 16.4 Å². The second-order valence-corrected chi connectivity index (χ2v) is 8.71. The Bertz CT molecular complexity index is 937. The van der Waals surface area contributed by atoms with Crippen molar-refractivity contribution in [2.45, 2.75) is 11.8 Å². The number of hydrogen-bond donors (Lipinski definition) is 0. The number of aryl methyl sites for hydroxylation is 1. The average Bonchev–Trinajstić information content (AvgIpc) is 2.68. The van der Waals surface area contributed by atoms with Gasteiger partial charge in [0, 0.05) is 36.8 Å². The molecular weight excluding hydrogens is 388 g/mol. The van der Waals surface area contributed by atoms with Crippen molar-refractivity contribution in [2.24, 2.45) is 0 Å². The molecule has 0 bridgehead atoms. The monoisotopic (exact) mass is 408 g/mol. The lowest BCUT2D eigenvalue weighted by Gasteiger charge is -2.34. The van der Waals surface area contributed by atoms with E-state index < -0.39 is 10.0 Å². The molecule has 1 saturated heterocycles. The molecule has 0 radical (unpaired) electrons. The summed E-state index contributed by atoms with van der Waals surface area (Å²) in [6, 6.07) is 11.4. The van der Waals surface area contributed by atoms with Crippen molar-refractivity contribution in [3.8, 4) is 5.75 Å². The van der Waals surface area contributed by atoms with Crippen LogP contribution in [0.25, 0.3) is 0 Å². The van der Waals surface area contributed by atoms with E-state index in [-0.39, 0.29) is 23.9 Å². The molecule has 1 heterocycles. The lowest BCUT2D eigenvalue weighted by molar-refractivity contribution is 0.0697. The van der Waals surface area contributed by atoms with Crippen molar-refractivity contribution in [3.05, 3.63) is 58.6 Å². The number of hydrogen-bond acceptors (Lipinski definition) is 4. The molecule has 0 saturated carbocycles. The molecule has 144 valence electrons. The highest BCUT2D eigenvalue weighted by Gasteiger charge is 2.30. The summed E-state index contributed by atoms with van der Waals surface area (Å²) in [7, 11) is -2.03. The molecular formula is C19H21ClN2O4S. The minimum Gasteiger partial charge on any atom is -0.496 e. The smallest absolute Gasteiger partial charge is 0.254 e. The molecule has 2 aromatic rings. The highest BCUT2D eigenvalue weighted by Crippen LogP contribution is 2.22. The van der Waals surface area contributed by atoms with Crippen molar-refractivity contribution >= 4 is 27.5 Å². The van der Waals surface area contributed by atoms with Crippen molar-refractivity contribution in [2.75, 3.05) is 33.3 Å². The summed E-state index contributed by atoms with van der Waals surface area (Å²) in [5, 5.41) is 0.484. The van der Waals surface area contributed by atoms with Gasteiger partial charge < -0.3 is 9.64 Å². The summed E-state index contributed by atoms with van der Waals surface area (Å²) in [6.45, 7) is 3.08. The van der Waals surface area contributed by atoms with E-state index in [1.54, 1.807) is 36.3 Å². The summed E-state index contributed by atoms with van der Waals surface area (Å²) >= 11 is 5.83. The van der Waals surface area contributed by atoms with Gasteiger partial charge in [-0.25, -0.2) is 8.42 Å². The van der Waals surface area contributed by atoms with Gasteiger partial charge in [0.25, 0.3) is 5.91 Å². The molecule has 0 aliphatic carbocycles. The first kappa shape index (κ1) is 19.7. The van der Waals surface area contributed by atoms with Gasteiger partial charge in [-0.2, -0.15) is 4.31 Å². The molecule has 3 rings (SSSR count). The van der Waals surface area contributed by atoms with E-state index in [9.17, 15) is 13.2 Å². The second-order valence-electron chi connectivity index (χ2n) is 6.33. The van der Waals surface area contributed by atoms with Gasteiger partial charge >= 0.3 is 0 Å². The van der Waals surface area contributed by atoms with Gasteiger partial charge in [-0.15, -0.1) is 0 Å². The van der Waals surface area contributed by atoms with Crippen LogP contribution in [-0.2, 0) is 10.0 Å². The Morgan fingerprint density at radius 1 is 1.04 bits per heavy atom. The van der Waals surface area contributed by atoms with Gasteiger partial charge in [-0.05, 0) is 48.9 Å². The maximum Gasteiger partial charge on any atom is 0.254 e. The summed E-state index contributed by atoms with van der Waals surface area (Å²) in [5.41, 5.74) is 1.49. The Hall–Kier alpha value is -2.09. The maximum atomic E-state index is 12.7. The number of rotatable bonds is 4. The van der Waals surface area contributed by atoms with Crippen LogP contribution in [-0.4, -0.2) is 56.8 Å². The van der Waals surface area contributed by atoms with Crippen LogP contribution < -0.4 is 4.74 Å². The van der Waals surface area contributed by atoms with Gasteiger partial charge in [-0.3, -0.25) is 4.79 Å². The third kappa shape index (κ3) is 4.10. The number of nitrogens with zero attached hydrogens (tertiary/aromatic N) is 2. The van der Waals surface area contributed by atoms with E-state index in [1.807, 2.05) is 13.0 Å². The summed E-state index contributed by atoms with van der Waals surface area (Å²) in [5.74, 6) is 0.529. The van der Waals surface area contributed by atoms with Crippen molar-refractivity contribution in [3.63, 3.8) is 0 Å². The maximum absolute atomic E-state index is 12.7. The minimum atomic E-state index is -3.59. The molecule has 1 aliphatic heterocycles. The molecule has 2 aromatic carbocycles. The number of benzene rings is 2. The number of carbonyl (C=O) groups excluding carboxylic acids is 1. The number of methoxy groups -OCH3 is 1. The third-order valence-corrected chi connectivity index (χ3v) is 6.80. The van der Waals surface area contributed by atoms with Gasteiger partial charge in [0.05, 0.1) is 12.0 Å². The van der Waals surface area contributed by atoms with Crippen LogP contribution in [0.4, 0.5) is 0 Å². The molecule has 1 amide bonds. The molecule has 27 heavy (non-hydrogen) atoms. The Morgan fingerprint density at radius 3 is 2.26 bits per heavy atom. The first-order valence-corrected chi connectivity index (χ1v) is 10.3. The predicted molar refractivity (Wildman–Crippen MR) is 104 cm³/mol. The summed E-state index contributed by atoms with van der Waals surface area (Å²) < 4.78 is 32.1. The molecule has 0 atom stereocenters. The fraction of sp³-hybridized carbons (Fsp3) is 0.316. The Kier molecular flexibility index (Phi) is 5.74. The first-order valence-electron chi connectivity index (χ1n) is 8.52. The fourth-order valence-corrected chi connectivity index (χ4v) is 4.57. The fourth-order valence-electron chi connectivity index (χ4n) is 3.02. The van der Waals surface area contributed by atoms with Gasteiger partial charge in [0.2, 0.25) is 10.0 Å². The summed E-state index contributed by atoms with van der Waals surface area (Å²) in [4.78, 5) is 14.6. The number of piperazine rings is 1. The highest BCUT2D eigenvalue weighted by molar-refractivity contribution is 7.89. The van der Waals surface area contributed by atoms with Crippen LogP contribution in [0.1, 0.15) is 15.9 Å². The largest absolute Gasteiger partial charge is 0.496 e. The second kappa shape index (κ2) is 7.88. The molecule has 1 aliphatic rings. The highest BCUT2D eigenvalue weighted by atomic mass is 35.5. The Morgan fingerprint density at radius 2 is 1.67 bits per heavy atom. The Labute approximate surface area is 164 Å². The summed E-state index contributed by atoms with van der Waals surface area (Å²) in [6.07, 6.45) is 0. The standard InChI is InChI=1S/C19H21ClN2O4S/c1-14-3-4-15(13-18(14)26-2)19(23)21-9-11-22(12-10-21)27(24,25)17-7-5-16(20)6-8-17/h3-8,13H,9-12H2,1-2H3. The van der Waals surface area contributed by atoms with E-state index in [4.69, 9.17) is 16.3 Å². The van der Waals surface area contributed by atoms with E-state index in [0.717, 1.165) is 5.56 Å². The van der Waals surface area contributed by atoms with E-state index >= 15 is 0 Å². The van der Waals surface area contributed by atoms with Crippen LogP contribution in [0.5, 0.6) is 5.75 Å². The molecule has 1 fully saturated rings. The molecule has 0 N–H and O–H groups in total. The van der Waals surface area contributed by atoms with E-state index in [0.29, 0.717) is 29.4 Å². The Balaban J connectivity index is 1.69. The van der Waals surface area contributed by atoms with Crippen LogP contribution in [0.2, 0.25) is 5.02 Å². The molecule has 0 aromatic heterocycles. The number of ether oxygens (including phenoxy) is 1. The lowest BCUT2D eigenvalue weighted by atomic mass is 10.1.